The first-order valence-corrected chi connectivity index (χ1v) is 4.75. The Labute approximate surface area is 88.7 Å². The maximum atomic E-state index is 10.5. The van der Waals surface area contributed by atoms with Crippen molar-refractivity contribution in [2.24, 2.45) is 0 Å². The Kier molecular flexibility index (Phi) is 2.85. The standard InChI is InChI=1S/C10H13NO2S/c1-10(2,3)7-4-5-8(11(12)13)9(14)6-7/h4-6,14H,1-3H3. The molecule has 0 aliphatic heterocycles. The molecular formula is C10H13NO2S. The van der Waals surface area contributed by atoms with Crippen LogP contribution in [0.4, 0.5) is 5.69 Å². The van der Waals surface area contributed by atoms with Gasteiger partial charge in [-0.05, 0) is 17.0 Å². The zero-order valence-corrected chi connectivity index (χ0v) is 9.34. The number of rotatable bonds is 1. The normalized spacial score (nSPS) is 11.4. The number of nitro benzene ring substituents is 1. The maximum Gasteiger partial charge on any atom is 0.282 e. The van der Waals surface area contributed by atoms with Crippen molar-refractivity contribution in [3.63, 3.8) is 0 Å². The number of nitrogens with zero attached hydrogens (tertiary/aromatic N) is 1. The molecule has 1 aromatic carbocycles. The summed E-state index contributed by atoms with van der Waals surface area (Å²) < 4.78 is 0. The molecule has 4 heteroatoms. The van der Waals surface area contributed by atoms with E-state index in [1.54, 1.807) is 12.1 Å². The monoisotopic (exact) mass is 211 g/mol. The van der Waals surface area contributed by atoms with Gasteiger partial charge in [0.15, 0.2) is 0 Å². The average Bonchev–Trinajstić information content (AvgIpc) is 2.01. The second-order valence-electron chi connectivity index (χ2n) is 4.21. The molecule has 0 N–H and O–H groups in total. The van der Waals surface area contributed by atoms with Gasteiger partial charge in [-0.25, -0.2) is 0 Å². The van der Waals surface area contributed by atoms with Crippen LogP contribution in [0.1, 0.15) is 26.3 Å². The molecule has 0 aromatic heterocycles. The van der Waals surface area contributed by atoms with Gasteiger partial charge < -0.3 is 0 Å². The van der Waals surface area contributed by atoms with Crippen LogP contribution in [-0.2, 0) is 5.41 Å². The fourth-order valence-corrected chi connectivity index (χ4v) is 1.44. The van der Waals surface area contributed by atoms with Gasteiger partial charge in [0.2, 0.25) is 0 Å². The third-order valence-electron chi connectivity index (χ3n) is 2.04. The minimum Gasteiger partial charge on any atom is -0.258 e. The lowest BCUT2D eigenvalue weighted by molar-refractivity contribution is -0.387. The molecule has 3 nitrogen and oxygen atoms in total. The Morgan fingerprint density at radius 1 is 1.36 bits per heavy atom. The molecule has 0 saturated heterocycles. The zero-order valence-electron chi connectivity index (χ0n) is 8.44. The van der Waals surface area contributed by atoms with Crippen molar-refractivity contribution in [2.45, 2.75) is 31.1 Å². The van der Waals surface area contributed by atoms with E-state index in [1.807, 2.05) is 0 Å². The van der Waals surface area contributed by atoms with E-state index in [1.165, 1.54) is 6.07 Å². The first-order chi connectivity index (χ1) is 6.32. The summed E-state index contributed by atoms with van der Waals surface area (Å²) in [5, 5.41) is 10.5. The minimum absolute atomic E-state index is 0.00733. The molecule has 0 fully saturated rings. The van der Waals surface area contributed by atoms with Gasteiger partial charge >= 0.3 is 0 Å². The quantitative estimate of drug-likeness (QED) is 0.440. The highest BCUT2D eigenvalue weighted by Gasteiger charge is 2.17. The average molecular weight is 211 g/mol. The summed E-state index contributed by atoms with van der Waals surface area (Å²) >= 11 is 4.10. The Balaban J connectivity index is 3.20. The van der Waals surface area contributed by atoms with Gasteiger partial charge in [0.05, 0.1) is 9.82 Å². The predicted molar refractivity (Wildman–Crippen MR) is 59.0 cm³/mol. The summed E-state index contributed by atoms with van der Waals surface area (Å²) in [5.41, 5.74) is 1.10. The largest absolute Gasteiger partial charge is 0.282 e. The van der Waals surface area contributed by atoms with Gasteiger partial charge in [0.25, 0.3) is 5.69 Å². The van der Waals surface area contributed by atoms with Crippen LogP contribution >= 0.6 is 12.6 Å². The van der Waals surface area contributed by atoms with Gasteiger partial charge in [-0.2, -0.15) is 0 Å². The Bertz CT molecular complexity index is 369. The number of nitro groups is 1. The Morgan fingerprint density at radius 2 is 1.93 bits per heavy atom. The molecule has 0 amide bonds. The lowest BCUT2D eigenvalue weighted by Gasteiger charge is -2.18. The van der Waals surface area contributed by atoms with Gasteiger partial charge in [-0.3, -0.25) is 10.1 Å². The van der Waals surface area contributed by atoms with E-state index in [0.29, 0.717) is 4.90 Å². The lowest BCUT2D eigenvalue weighted by Crippen LogP contribution is -2.11. The van der Waals surface area contributed by atoms with Crippen LogP contribution in [-0.4, -0.2) is 4.92 Å². The van der Waals surface area contributed by atoms with Crippen molar-refractivity contribution in [1.29, 1.82) is 0 Å². The van der Waals surface area contributed by atoms with Gasteiger partial charge in [0, 0.05) is 6.07 Å². The lowest BCUT2D eigenvalue weighted by atomic mass is 9.87. The highest BCUT2D eigenvalue weighted by molar-refractivity contribution is 7.80. The molecule has 0 aliphatic carbocycles. The molecule has 76 valence electrons. The third kappa shape index (κ3) is 2.26. The maximum absolute atomic E-state index is 10.5. The minimum atomic E-state index is -0.422. The van der Waals surface area contributed by atoms with Crippen LogP contribution in [0.2, 0.25) is 0 Å². The number of thiol groups is 1. The van der Waals surface area contributed by atoms with Crippen molar-refractivity contribution in [2.75, 3.05) is 0 Å². The third-order valence-corrected chi connectivity index (χ3v) is 2.40. The second kappa shape index (κ2) is 3.61. The zero-order chi connectivity index (χ0) is 10.9. The van der Waals surface area contributed by atoms with E-state index in [9.17, 15) is 10.1 Å². The molecule has 1 rings (SSSR count). The molecule has 0 heterocycles. The fraction of sp³-hybridized carbons (Fsp3) is 0.400. The van der Waals surface area contributed by atoms with Gasteiger partial charge in [-0.1, -0.05) is 26.8 Å². The van der Waals surface area contributed by atoms with Crippen LogP contribution in [0.5, 0.6) is 0 Å². The molecule has 0 atom stereocenters. The van der Waals surface area contributed by atoms with Crippen LogP contribution in [0.25, 0.3) is 0 Å². The summed E-state index contributed by atoms with van der Waals surface area (Å²) in [6.45, 7) is 6.17. The first kappa shape index (κ1) is 11.0. The highest BCUT2D eigenvalue weighted by atomic mass is 32.1. The van der Waals surface area contributed by atoms with Crippen LogP contribution in [0, 0.1) is 10.1 Å². The van der Waals surface area contributed by atoms with Crippen LogP contribution in [0.15, 0.2) is 23.1 Å². The van der Waals surface area contributed by atoms with Gasteiger partial charge in [0.1, 0.15) is 0 Å². The topological polar surface area (TPSA) is 43.1 Å². The summed E-state index contributed by atoms with van der Waals surface area (Å²) in [7, 11) is 0. The van der Waals surface area contributed by atoms with E-state index in [-0.39, 0.29) is 11.1 Å². The van der Waals surface area contributed by atoms with Crippen LogP contribution in [0.3, 0.4) is 0 Å². The SMILES string of the molecule is CC(C)(C)c1ccc([N+](=O)[O-])c(S)c1. The van der Waals surface area contributed by atoms with Crippen molar-refractivity contribution >= 4 is 18.3 Å². The number of hydrogen-bond donors (Lipinski definition) is 1. The summed E-state index contributed by atoms with van der Waals surface area (Å²) in [5.74, 6) is 0. The van der Waals surface area contributed by atoms with E-state index in [0.717, 1.165) is 5.56 Å². The fourth-order valence-electron chi connectivity index (χ4n) is 1.14. The van der Waals surface area contributed by atoms with E-state index in [4.69, 9.17) is 0 Å². The first-order valence-electron chi connectivity index (χ1n) is 4.30. The van der Waals surface area contributed by atoms with Gasteiger partial charge in [-0.15, -0.1) is 12.6 Å². The molecule has 0 unspecified atom stereocenters. The summed E-state index contributed by atoms with van der Waals surface area (Å²) in [4.78, 5) is 10.5. The van der Waals surface area contributed by atoms with E-state index in [2.05, 4.69) is 33.4 Å². The molecular weight excluding hydrogens is 198 g/mol. The molecule has 14 heavy (non-hydrogen) atoms. The second-order valence-corrected chi connectivity index (χ2v) is 4.69. The number of benzene rings is 1. The van der Waals surface area contributed by atoms with E-state index >= 15 is 0 Å². The molecule has 0 saturated carbocycles. The molecule has 1 aromatic rings. The van der Waals surface area contributed by atoms with Crippen molar-refractivity contribution in [3.8, 4) is 0 Å². The van der Waals surface area contributed by atoms with Crippen molar-refractivity contribution in [1.82, 2.24) is 0 Å². The summed E-state index contributed by atoms with van der Waals surface area (Å²) in [6.07, 6.45) is 0. The highest BCUT2D eigenvalue weighted by Crippen LogP contribution is 2.29. The molecule has 0 aliphatic rings. The van der Waals surface area contributed by atoms with Crippen molar-refractivity contribution < 1.29 is 4.92 Å². The Hall–Kier alpha value is -1.03. The predicted octanol–water partition coefficient (Wildman–Crippen LogP) is 3.18. The molecule has 0 bridgehead atoms. The smallest absolute Gasteiger partial charge is 0.258 e. The van der Waals surface area contributed by atoms with Crippen molar-refractivity contribution in [3.05, 3.63) is 33.9 Å². The Morgan fingerprint density at radius 3 is 2.29 bits per heavy atom. The molecule has 0 radical (unpaired) electrons. The van der Waals surface area contributed by atoms with Crippen LogP contribution < -0.4 is 0 Å². The molecule has 0 spiro atoms. The number of hydrogen-bond acceptors (Lipinski definition) is 3. The van der Waals surface area contributed by atoms with E-state index < -0.39 is 4.92 Å². The summed E-state index contributed by atoms with van der Waals surface area (Å²) in [6, 6.07) is 5.03.